The average molecular weight is 350 g/mol. The highest BCUT2D eigenvalue weighted by atomic mass is 19.4. The van der Waals surface area contributed by atoms with Gasteiger partial charge in [-0.1, -0.05) is 12.1 Å². The number of imidazole rings is 1. The summed E-state index contributed by atoms with van der Waals surface area (Å²) in [5.74, 6) is 0.251. The van der Waals surface area contributed by atoms with E-state index >= 15 is 0 Å². The molecule has 0 aliphatic rings. The molecule has 0 aliphatic carbocycles. The lowest BCUT2D eigenvalue weighted by atomic mass is 10.1. The van der Waals surface area contributed by atoms with Gasteiger partial charge < -0.3 is 20.4 Å². The highest BCUT2D eigenvalue weighted by Crippen LogP contribution is 2.35. The van der Waals surface area contributed by atoms with Gasteiger partial charge in [0.2, 0.25) is 5.95 Å². The van der Waals surface area contributed by atoms with Crippen LogP contribution in [0.1, 0.15) is 5.56 Å². The van der Waals surface area contributed by atoms with Crippen LogP contribution in [-0.2, 0) is 10.9 Å². The normalized spacial score (nSPS) is 11.7. The number of halogens is 3. The van der Waals surface area contributed by atoms with E-state index in [1.807, 2.05) is 12.1 Å². The lowest BCUT2D eigenvalue weighted by Crippen LogP contribution is -2.08. The fourth-order valence-corrected chi connectivity index (χ4v) is 2.44. The Hall–Kier alpha value is -2.74. The standard InChI is InChI=1S/C17H17F3N4O/c1-25-9-8-21-11-6-7-14-15(10-11)24-16(23-14)22-13-5-3-2-4-12(13)17(18,19)20/h2-7,10,21H,8-9H2,1H3,(H2,22,23,24). The number of aromatic amines is 1. The number of aromatic nitrogens is 2. The summed E-state index contributed by atoms with van der Waals surface area (Å²) in [5.41, 5.74) is 1.46. The number of anilines is 3. The van der Waals surface area contributed by atoms with Crippen molar-refractivity contribution in [3.8, 4) is 0 Å². The van der Waals surface area contributed by atoms with Gasteiger partial charge in [-0.05, 0) is 30.3 Å². The quantitative estimate of drug-likeness (QED) is 0.577. The molecule has 0 spiro atoms. The van der Waals surface area contributed by atoms with Crippen LogP contribution in [-0.4, -0.2) is 30.2 Å². The Morgan fingerprint density at radius 2 is 1.96 bits per heavy atom. The van der Waals surface area contributed by atoms with E-state index in [0.717, 1.165) is 17.3 Å². The molecule has 0 bridgehead atoms. The lowest BCUT2D eigenvalue weighted by Gasteiger charge is -2.12. The van der Waals surface area contributed by atoms with Gasteiger partial charge in [0.25, 0.3) is 0 Å². The molecule has 0 radical (unpaired) electrons. The molecule has 0 saturated carbocycles. The Morgan fingerprint density at radius 1 is 1.16 bits per heavy atom. The van der Waals surface area contributed by atoms with E-state index in [2.05, 4.69) is 20.6 Å². The molecule has 0 saturated heterocycles. The van der Waals surface area contributed by atoms with Crippen molar-refractivity contribution in [2.75, 3.05) is 30.9 Å². The Balaban J connectivity index is 1.83. The number of hydrogen-bond donors (Lipinski definition) is 3. The number of nitrogens with one attached hydrogen (secondary N) is 3. The zero-order chi connectivity index (χ0) is 17.9. The van der Waals surface area contributed by atoms with E-state index in [0.29, 0.717) is 18.7 Å². The van der Waals surface area contributed by atoms with Gasteiger partial charge in [0, 0.05) is 19.3 Å². The number of rotatable bonds is 6. The van der Waals surface area contributed by atoms with E-state index < -0.39 is 11.7 Å². The van der Waals surface area contributed by atoms with E-state index in [-0.39, 0.29) is 11.6 Å². The Kier molecular flexibility index (Phi) is 4.80. The van der Waals surface area contributed by atoms with Crippen LogP contribution in [0.3, 0.4) is 0 Å². The number of fused-ring (bicyclic) bond motifs is 1. The lowest BCUT2D eigenvalue weighted by molar-refractivity contribution is -0.136. The van der Waals surface area contributed by atoms with E-state index in [1.54, 1.807) is 13.2 Å². The molecule has 3 N–H and O–H groups in total. The van der Waals surface area contributed by atoms with Crippen LogP contribution in [0.4, 0.5) is 30.5 Å². The molecular weight excluding hydrogens is 333 g/mol. The Morgan fingerprint density at radius 3 is 2.72 bits per heavy atom. The Labute approximate surface area is 142 Å². The number of H-pyrrole nitrogens is 1. The van der Waals surface area contributed by atoms with Crippen LogP contribution in [0.5, 0.6) is 0 Å². The molecule has 132 valence electrons. The fourth-order valence-electron chi connectivity index (χ4n) is 2.44. The second-order valence-corrected chi connectivity index (χ2v) is 5.41. The van der Waals surface area contributed by atoms with Crippen molar-refractivity contribution in [1.82, 2.24) is 9.97 Å². The summed E-state index contributed by atoms with van der Waals surface area (Å²) in [6.07, 6.45) is -4.44. The first-order chi connectivity index (χ1) is 12.0. The molecule has 1 aromatic heterocycles. The van der Waals surface area contributed by atoms with Crippen molar-refractivity contribution in [3.05, 3.63) is 48.0 Å². The van der Waals surface area contributed by atoms with Gasteiger partial charge in [0.1, 0.15) is 0 Å². The third kappa shape index (κ3) is 4.03. The molecular formula is C17H17F3N4O. The molecule has 5 nitrogen and oxygen atoms in total. The number of benzene rings is 2. The Bertz CT molecular complexity index is 860. The molecule has 2 aromatic carbocycles. The van der Waals surface area contributed by atoms with Crippen LogP contribution in [0.25, 0.3) is 11.0 Å². The number of nitrogens with zero attached hydrogens (tertiary/aromatic N) is 1. The summed E-state index contributed by atoms with van der Waals surface area (Å²) in [5, 5.41) is 5.90. The third-order valence-corrected chi connectivity index (χ3v) is 3.60. The van der Waals surface area contributed by atoms with Crippen molar-refractivity contribution in [2.24, 2.45) is 0 Å². The van der Waals surface area contributed by atoms with Crippen molar-refractivity contribution < 1.29 is 17.9 Å². The van der Waals surface area contributed by atoms with Gasteiger partial charge >= 0.3 is 6.18 Å². The number of methoxy groups -OCH3 is 1. The molecule has 3 aromatic rings. The minimum absolute atomic E-state index is 0.0486. The molecule has 1 heterocycles. The minimum atomic E-state index is -4.44. The predicted molar refractivity (Wildman–Crippen MR) is 91.2 cm³/mol. The predicted octanol–water partition coefficient (Wildman–Crippen LogP) is 4.38. The van der Waals surface area contributed by atoms with Gasteiger partial charge in [0.05, 0.1) is 28.9 Å². The summed E-state index contributed by atoms with van der Waals surface area (Å²) in [6.45, 7) is 1.22. The monoisotopic (exact) mass is 350 g/mol. The summed E-state index contributed by atoms with van der Waals surface area (Å²) >= 11 is 0. The number of para-hydroxylation sites is 1. The molecule has 3 rings (SSSR count). The first kappa shape index (κ1) is 17.1. The van der Waals surface area contributed by atoms with Gasteiger partial charge in [0.15, 0.2) is 0 Å². The molecule has 0 unspecified atom stereocenters. The van der Waals surface area contributed by atoms with E-state index in [1.165, 1.54) is 18.2 Å². The highest BCUT2D eigenvalue weighted by molar-refractivity contribution is 5.82. The van der Waals surface area contributed by atoms with Gasteiger partial charge in [-0.15, -0.1) is 0 Å². The summed E-state index contributed by atoms with van der Waals surface area (Å²) < 4.78 is 44.2. The molecule has 0 aliphatic heterocycles. The highest BCUT2D eigenvalue weighted by Gasteiger charge is 2.33. The van der Waals surface area contributed by atoms with Crippen molar-refractivity contribution >= 4 is 28.4 Å². The third-order valence-electron chi connectivity index (χ3n) is 3.60. The molecule has 8 heteroatoms. The zero-order valence-corrected chi connectivity index (χ0v) is 13.4. The van der Waals surface area contributed by atoms with Crippen LogP contribution in [0.2, 0.25) is 0 Å². The van der Waals surface area contributed by atoms with Crippen molar-refractivity contribution in [3.63, 3.8) is 0 Å². The van der Waals surface area contributed by atoms with E-state index in [4.69, 9.17) is 4.74 Å². The maximum absolute atomic E-state index is 13.1. The minimum Gasteiger partial charge on any atom is -0.383 e. The first-order valence-corrected chi connectivity index (χ1v) is 7.63. The van der Waals surface area contributed by atoms with Crippen LogP contribution in [0.15, 0.2) is 42.5 Å². The topological polar surface area (TPSA) is 62.0 Å². The van der Waals surface area contributed by atoms with Crippen LogP contribution in [0, 0.1) is 0 Å². The fraction of sp³-hybridized carbons (Fsp3) is 0.235. The second kappa shape index (κ2) is 7.02. The SMILES string of the molecule is COCCNc1ccc2nc(Nc3ccccc3C(F)(F)F)[nH]c2c1. The first-order valence-electron chi connectivity index (χ1n) is 7.63. The summed E-state index contributed by atoms with van der Waals surface area (Å²) in [4.78, 5) is 7.27. The maximum atomic E-state index is 13.1. The summed E-state index contributed by atoms with van der Waals surface area (Å²) in [7, 11) is 1.62. The molecule has 0 amide bonds. The van der Waals surface area contributed by atoms with Crippen molar-refractivity contribution in [1.29, 1.82) is 0 Å². The van der Waals surface area contributed by atoms with Crippen molar-refractivity contribution in [2.45, 2.75) is 6.18 Å². The van der Waals surface area contributed by atoms with E-state index in [9.17, 15) is 13.2 Å². The number of alkyl halides is 3. The largest absolute Gasteiger partial charge is 0.418 e. The van der Waals surface area contributed by atoms with Gasteiger partial charge in [-0.25, -0.2) is 4.98 Å². The smallest absolute Gasteiger partial charge is 0.383 e. The number of ether oxygens (including phenoxy) is 1. The van der Waals surface area contributed by atoms with Gasteiger partial charge in [-0.3, -0.25) is 0 Å². The van der Waals surface area contributed by atoms with Crippen LogP contribution >= 0.6 is 0 Å². The zero-order valence-electron chi connectivity index (χ0n) is 13.4. The number of hydrogen-bond acceptors (Lipinski definition) is 4. The molecule has 0 atom stereocenters. The molecule has 0 fully saturated rings. The van der Waals surface area contributed by atoms with Gasteiger partial charge in [-0.2, -0.15) is 13.2 Å². The molecule has 25 heavy (non-hydrogen) atoms. The maximum Gasteiger partial charge on any atom is 0.418 e. The van der Waals surface area contributed by atoms with Crippen LogP contribution < -0.4 is 10.6 Å². The average Bonchev–Trinajstić information content (AvgIpc) is 2.96. The summed E-state index contributed by atoms with van der Waals surface area (Å²) in [6, 6.07) is 10.8. The second-order valence-electron chi connectivity index (χ2n) is 5.41.